The SMILES string of the molecule is CCN(CC(=O)C1CCOC1)C1CCCC1. The van der Waals surface area contributed by atoms with Crippen LogP contribution in [0.5, 0.6) is 0 Å². The number of nitrogens with zero attached hydrogens (tertiary/aromatic N) is 1. The zero-order chi connectivity index (χ0) is 11.4. The van der Waals surface area contributed by atoms with E-state index in [4.69, 9.17) is 4.74 Å². The summed E-state index contributed by atoms with van der Waals surface area (Å²) in [4.78, 5) is 14.4. The number of ether oxygens (including phenoxy) is 1. The first-order valence-electron chi connectivity index (χ1n) is 6.65. The summed E-state index contributed by atoms with van der Waals surface area (Å²) in [6.45, 7) is 5.24. The maximum Gasteiger partial charge on any atom is 0.152 e. The third-order valence-corrected chi connectivity index (χ3v) is 3.99. The molecule has 0 bridgehead atoms. The lowest BCUT2D eigenvalue weighted by molar-refractivity contribution is -0.124. The average molecular weight is 225 g/mol. The topological polar surface area (TPSA) is 29.5 Å². The zero-order valence-electron chi connectivity index (χ0n) is 10.3. The molecule has 16 heavy (non-hydrogen) atoms. The van der Waals surface area contributed by atoms with Gasteiger partial charge >= 0.3 is 0 Å². The summed E-state index contributed by atoms with van der Waals surface area (Å²) in [6, 6.07) is 0.663. The first-order valence-corrected chi connectivity index (χ1v) is 6.65. The first-order chi connectivity index (χ1) is 7.81. The van der Waals surface area contributed by atoms with Gasteiger partial charge in [-0.15, -0.1) is 0 Å². The van der Waals surface area contributed by atoms with Gasteiger partial charge in [-0.1, -0.05) is 19.8 Å². The molecule has 0 aromatic rings. The van der Waals surface area contributed by atoms with Crippen molar-refractivity contribution < 1.29 is 9.53 Å². The second-order valence-corrected chi connectivity index (χ2v) is 5.03. The number of hydrogen-bond donors (Lipinski definition) is 0. The van der Waals surface area contributed by atoms with Gasteiger partial charge in [0, 0.05) is 18.6 Å². The molecule has 1 saturated carbocycles. The molecule has 1 aliphatic heterocycles. The van der Waals surface area contributed by atoms with Crippen LogP contribution in [-0.4, -0.2) is 43.0 Å². The van der Waals surface area contributed by atoms with Gasteiger partial charge in [-0.05, 0) is 25.8 Å². The molecule has 2 fully saturated rings. The van der Waals surface area contributed by atoms with Crippen LogP contribution in [0.4, 0.5) is 0 Å². The summed E-state index contributed by atoms with van der Waals surface area (Å²) in [5.41, 5.74) is 0. The Kier molecular flexibility index (Phi) is 4.36. The molecule has 3 heteroatoms. The highest BCUT2D eigenvalue weighted by Crippen LogP contribution is 2.24. The van der Waals surface area contributed by atoms with E-state index in [1.54, 1.807) is 0 Å². The maximum absolute atomic E-state index is 12.0. The molecule has 0 aromatic heterocycles. The minimum absolute atomic E-state index is 0.176. The van der Waals surface area contributed by atoms with Crippen molar-refractivity contribution in [1.29, 1.82) is 0 Å². The van der Waals surface area contributed by atoms with E-state index in [1.807, 2.05) is 0 Å². The van der Waals surface area contributed by atoms with Crippen LogP contribution in [0.1, 0.15) is 39.0 Å². The monoisotopic (exact) mass is 225 g/mol. The average Bonchev–Trinajstić information content (AvgIpc) is 2.96. The highest BCUT2D eigenvalue weighted by molar-refractivity contribution is 5.83. The third-order valence-electron chi connectivity index (χ3n) is 3.99. The van der Waals surface area contributed by atoms with Crippen molar-refractivity contribution in [2.24, 2.45) is 5.92 Å². The normalized spacial score (nSPS) is 26.8. The van der Waals surface area contributed by atoms with Crippen LogP contribution in [0, 0.1) is 5.92 Å². The van der Waals surface area contributed by atoms with E-state index in [9.17, 15) is 4.79 Å². The van der Waals surface area contributed by atoms with E-state index >= 15 is 0 Å². The van der Waals surface area contributed by atoms with E-state index in [1.165, 1.54) is 25.7 Å². The van der Waals surface area contributed by atoms with Crippen molar-refractivity contribution >= 4 is 5.78 Å². The Morgan fingerprint density at radius 1 is 1.31 bits per heavy atom. The zero-order valence-corrected chi connectivity index (χ0v) is 10.3. The van der Waals surface area contributed by atoms with Crippen molar-refractivity contribution in [3.63, 3.8) is 0 Å². The van der Waals surface area contributed by atoms with Crippen LogP contribution in [0.2, 0.25) is 0 Å². The molecule has 1 unspecified atom stereocenters. The second-order valence-electron chi connectivity index (χ2n) is 5.03. The van der Waals surface area contributed by atoms with Gasteiger partial charge in [-0.2, -0.15) is 0 Å². The predicted octanol–water partition coefficient (Wildman–Crippen LogP) is 1.86. The molecule has 1 saturated heterocycles. The number of carbonyl (C=O) groups is 1. The quantitative estimate of drug-likeness (QED) is 0.715. The van der Waals surface area contributed by atoms with Gasteiger partial charge in [0.2, 0.25) is 0 Å². The molecular formula is C13H23NO2. The third kappa shape index (κ3) is 2.83. The number of likely N-dealkylation sites (N-methyl/N-ethyl adjacent to an activating group) is 1. The van der Waals surface area contributed by atoms with Gasteiger partial charge in [0.15, 0.2) is 5.78 Å². The summed E-state index contributed by atoms with van der Waals surface area (Å²) < 4.78 is 5.28. The highest BCUT2D eigenvalue weighted by Gasteiger charge is 2.28. The van der Waals surface area contributed by atoms with E-state index in [-0.39, 0.29) is 5.92 Å². The highest BCUT2D eigenvalue weighted by atomic mass is 16.5. The van der Waals surface area contributed by atoms with Crippen molar-refractivity contribution in [2.45, 2.75) is 45.1 Å². The maximum atomic E-state index is 12.0. The Bertz CT molecular complexity index is 230. The number of carbonyl (C=O) groups excluding carboxylic acids is 1. The fourth-order valence-electron chi connectivity index (χ4n) is 2.89. The van der Waals surface area contributed by atoms with Crippen LogP contribution >= 0.6 is 0 Å². The molecular weight excluding hydrogens is 202 g/mol. The van der Waals surface area contributed by atoms with Crippen LogP contribution in [0.25, 0.3) is 0 Å². The van der Waals surface area contributed by atoms with E-state index in [0.29, 0.717) is 25.0 Å². The Balaban J connectivity index is 1.82. The van der Waals surface area contributed by atoms with Gasteiger partial charge in [0.05, 0.1) is 13.2 Å². The van der Waals surface area contributed by atoms with Crippen molar-refractivity contribution in [3.8, 4) is 0 Å². The smallest absolute Gasteiger partial charge is 0.152 e. The fraction of sp³-hybridized carbons (Fsp3) is 0.923. The number of Topliss-reactive ketones (excluding diaryl/α,β-unsaturated/α-hetero) is 1. The van der Waals surface area contributed by atoms with E-state index in [0.717, 1.165) is 19.6 Å². The van der Waals surface area contributed by atoms with Gasteiger partial charge in [0.25, 0.3) is 0 Å². The predicted molar refractivity (Wildman–Crippen MR) is 63.4 cm³/mol. The summed E-state index contributed by atoms with van der Waals surface area (Å²) >= 11 is 0. The fourth-order valence-corrected chi connectivity index (χ4v) is 2.89. The molecule has 1 heterocycles. The van der Waals surface area contributed by atoms with Gasteiger partial charge in [-0.3, -0.25) is 9.69 Å². The Morgan fingerprint density at radius 2 is 2.06 bits per heavy atom. The standard InChI is InChI=1S/C13H23NO2/c1-2-14(12-5-3-4-6-12)9-13(15)11-7-8-16-10-11/h11-12H,2-10H2,1H3. The summed E-state index contributed by atoms with van der Waals surface area (Å²) in [5, 5.41) is 0. The van der Waals surface area contributed by atoms with Crippen LogP contribution in [-0.2, 0) is 9.53 Å². The molecule has 92 valence electrons. The molecule has 0 amide bonds. The number of rotatable bonds is 5. The second kappa shape index (κ2) is 5.78. The van der Waals surface area contributed by atoms with Gasteiger partial charge < -0.3 is 4.74 Å². The number of ketones is 1. The molecule has 3 nitrogen and oxygen atoms in total. The van der Waals surface area contributed by atoms with Crippen molar-refractivity contribution in [1.82, 2.24) is 4.90 Å². The Morgan fingerprint density at radius 3 is 2.62 bits per heavy atom. The Labute approximate surface area is 98.1 Å². The van der Waals surface area contributed by atoms with Crippen molar-refractivity contribution in [2.75, 3.05) is 26.3 Å². The Hall–Kier alpha value is -0.410. The van der Waals surface area contributed by atoms with Gasteiger partial charge in [-0.25, -0.2) is 0 Å². The van der Waals surface area contributed by atoms with Crippen molar-refractivity contribution in [3.05, 3.63) is 0 Å². The first kappa shape index (κ1) is 12.1. The molecule has 2 aliphatic rings. The van der Waals surface area contributed by atoms with Crippen LogP contribution in [0.15, 0.2) is 0 Å². The minimum atomic E-state index is 0.176. The molecule has 0 radical (unpaired) electrons. The summed E-state index contributed by atoms with van der Waals surface area (Å²) in [7, 11) is 0. The molecule has 2 rings (SSSR count). The molecule has 1 aliphatic carbocycles. The lowest BCUT2D eigenvalue weighted by Crippen LogP contribution is -2.39. The van der Waals surface area contributed by atoms with E-state index in [2.05, 4.69) is 11.8 Å². The number of hydrogen-bond acceptors (Lipinski definition) is 3. The molecule has 0 spiro atoms. The molecule has 1 atom stereocenters. The van der Waals surface area contributed by atoms with E-state index < -0.39 is 0 Å². The lowest BCUT2D eigenvalue weighted by Gasteiger charge is -2.27. The molecule has 0 aromatic carbocycles. The largest absolute Gasteiger partial charge is 0.381 e. The van der Waals surface area contributed by atoms with Crippen LogP contribution < -0.4 is 0 Å². The van der Waals surface area contributed by atoms with Gasteiger partial charge in [0.1, 0.15) is 0 Å². The lowest BCUT2D eigenvalue weighted by atomic mass is 10.0. The molecule has 0 N–H and O–H groups in total. The minimum Gasteiger partial charge on any atom is -0.381 e. The summed E-state index contributed by atoms with van der Waals surface area (Å²) in [6.07, 6.45) is 6.16. The van der Waals surface area contributed by atoms with Crippen LogP contribution in [0.3, 0.4) is 0 Å². The summed E-state index contributed by atoms with van der Waals surface area (Å²) in [5.74, 6) is 0.571.